The maximum atomic E-state index is 11.0. The first kappa shape index (κ1) is 14.0. The normalized spacial score (nSPS) is 15.8. The first-order chi connectivity index (χ1) is 9.49. The number of phenolic OH excluding ortho intramolecular Hbond substituents is 1. The lowest BCUT2D eigenvalue weighted by molar-refractivity contribution is -0.395. The van der Waals surface area contributed by atoms with Gasteiger partial charge in [0.15, 0.2) is 5.75 Å². The summed E-state index contributed by atoms with van der Waals surface area (Å²) >= 11 is 0. The summed E-state index contributed by atoms with van der Waals surface area (Å²) in [6.07, 6.45) is 4.50. The third kappa shape index (κ3) is 2.95. The molecule has 1 fully saturated rings. The topological polar surface area (TPSA) is 116 Å². The van der Waals surface area contributed by atoms with Crippen molar-refractivity contribution in [1.29, 1.82) is 0 Å². The number of aromatic hydroxyl groups is 1. The van der Waals surface area contributed by atoms with Crippen molar-refractivity contribution in [2.45, 2.75) is 38.2 Å². The third-order valence-electron chi connectivity index (χ3n) is 3.30. The number of nitrogens with zero attached hydrogens (tertiary/aromatic N) is 2. The van der Waals surface area contributed by atoms with E-state index in [0.29, 0.717) is 0 Å². The Balaban J connectivity index is 2.33. The van der Waals surface area contributed by atoms with Crippen molar-refractivity contribution in [3.05, 3.63) is 32.4 Å². The lowest BCUT2D eigenvalue weighted by Gasteiger charge is -2.22. The van der Waals surface area contributed by atoms with E-state index < -0.39 is 27.0 Å². The number of ether oxygens (including phenoxy) is 1. The monoisotopic (exact) mass is 282 g/mol. The van der Waals surface area contributed by atoms with E-state index in [1.54, 1.807) is 0 Å². The zero-order valence-corrected chi connectivity index (χ0v) is 10.7. The molecule has 20 heavy (non-hydrogen) atoms. The molecule has 1 aliphatic rings. The van der Waals surface area contributed by atoms with Gasteiger partial charge in [-0.15, -0.1) is 0 Å². The predicted octanol–water partition coefficient (Wildman–Crippen LogP) is 2.92. The van der Waals surface area contributed by atoms with E-state index in [1.165, 1.54) is 0 Å². The molecular formula is C12H14N2O6. The Kier molecular flexibility index (Phi) is 4.02. The van der Waals surface area contributed by atoms with E-state index in [4.69, 9.17) is 4.74 Å². The average Bonchev–Trinajstić information content (AvgIpc) is 2.39. The third-order valence-corrected chi connectivity index (χ3v) is 3.30. The summed E-state index contributed by atoms with van der Waals surface area (Å²) in [5.41, 5.74) is -1.20. The molecule has 2 rings (SSSR count). The van der Waals surface area contributed by atoms with Gasteiger partial charge in [-0.1, -0.05) is 6.42 Å². The highest BCUT2D eigenvalue weighted by molar-refractivity contribution is 5.60. The van der Waals surface area contributed by atoms with Gasteiger partial charge in [0.25, 0.3) is 0 Å². The molecule has 0 atom stereocenters. The van der Waals surface area contributed by atoms with Crippen LogP contribution in [0.25, 0.3) is 0 Å². The van der Waals surface area contributed by atoms with Crippen LogP contribution in [0, 0.1) is 20.2 Å². The lowest BCUT2D eigenvalue weighted by Crippen LogP contribution is -2.20. The highest BCUT2D eigenvalue weighted by Gasteiger charge is 2.27. The molecule has 8 nitrogen and oxygen atoms in total. The second kappa shape index (κ2) is 5.72. The highest BCUT2D eigenvalue weighted by Crippen LogP contribution is 2.39. The van der Waals surface area contributed by atoms with Crippen molar-refractivity contribution in [2.24, 2.45) is 0 Å². The molecule has 1 aromatic rings. The minimum absolute atomic E-state index is 0.120. The smallest absolute Gasteiger partial charge is 0.318 e. The van der Waals surface area contributed by atoms with Crippen LogP contribution in [0.15, 0.2) is 12.1 Å². The Bertz CT molecular complexity index is 539. The Hall–Kier alpha value is -2.38. The number of hydrogen-bond acceptors (Lipinski definition) is 6. The largest absolute Gasteiger partial charge is 0.502 e. The molecular weight excluding hydrogens is 268 g/mol. The van der Waals surface area contributed by atoms with Crippen LogP contribution in [-0.2, 0) is 0 Å². The Morgan fingerprint density at radius 1 is 1.05 bits per heavy atom. The highest BCUT2D eigenvalue weighted by atomic mass is 16.6. The Morgan fingerprint density at radius 2 is 1.65 bits per heavy atom. The maximum Gasteiger partial charge on any atom is 0.318 e. The zero-order valence-electron chi connectivity index (χ0n) is 10.7. The van der Waals surface area contributed by atoms with E-state index in [0.717, 1.165) is 44.2 Å². The van der Waals surface area contributed by atoms with Crippen molar-refractivity contribution < 1.29 is 19.7 Å². The summed E-state index contributed by atoms with van der Waals surface area (Å²) in [5.74, 6) is -0.753. The van der Waals surface area contributed by atoms with Gasteiger partial charge in [-0.25, -0.2) is 0 Å². The van der Waals surface area contributed by atoms with Gasteiger partial charge in [0, 0.05) is 6.07 Å². The number of hydrogen-bond donors (Lipinski definition) is 1. The molecule has 0 aromatic heterocycles. The van der Waals surface area contributed by atoms with Gasteiger partial charge < -0.3 is 9.84 Å². The van der Waals surface area contributed by atoms with E-state index >= 15 is 0 Å². The lowest BCUT2D eigenvalue weighted by atomic mass is 9.98. The fourth-order valence-electron chi connectivity index (χ4n) is 2.29. The Morgan fingerprint density at radius 3 is 2.20 bits per heavy atom. The quantitative estimate of drug-likeness (QED) is 0.670. The van der Waals surface area contributed by atoms with Crippen molar-refractivity contribution in [2.75, 3.05) is 0 Å². The van der Waals surface area contributed by atoms with Gasteiger partial charge >= 0.3 is 11.4 Å². The van der Waals surface area contributed by atoms with Gasteiger partial charge in [-0.2, -0.15) is 0 Å². The molecule has 8 heteroatoms. The second-order valence-corrected chi connectivity index (χ2v) is 4.70. The van der Waals surface area contributed by atoms with Gasteiger partial charge in [-0.3, -0.25) is 20.2 Å². The molecule has 1 N–H and O–H groups in total. The zero-order chi connectivity index (χ0) is 14.7. The second-order valence-electron chi connectivity index (χ2n) is 4.70. The van der Waals surface area contributed by atoms with Gasteiger partial charge in [0.2, 0.25) is 5.75 Å². The molecule has 0 heterocycles. The van der Waals surface area contributed by atoms with Crippen molar-refractivity contribution in [1.82, 2.24) is 0 Å². The van der Waals surface area contributed by atoms with Crippen LogP contribution in [-0.4, -0.2) is 21.1 Å². The van der Waals surface area contributed by atoms with E-state index in [2.05, 4.69) is 0 Å². The summed E-state index contributed by atoms with van der Waals surface area (Å²) in [4.78, 5) is 20.0. The maximum absolute atomic E-state index is 11.0. The van der Waals surface area contributed by atoms with E-state index in [-0.39, 0.29) is 11.9 Å². The molecule has 108 valence electrons. The van der Waals surface area contributed by atoms with Gasteiger partial charge in [-0.05, 0) is 25.7 Å². The number of phenols is 1. The van der Waals surface area contributed by atoms with Crippen LogP contribution >= 0.6 is 0 Å². The number of rotatable bonds is 4. The number of benzene rings is 1. The summed E-state index contributed by atoms with van der Waals surface area (Å²) in [7, 11) is 0. The predicted molar refractivity (Wildman–Crippen MR) is 68.9 cm³/mol. The van der Waals surface area contributed by atoms with Crippen LogP contribution in [0.1, 0.15) is 32.1 Å². The molecule has 0 aliphatic heterocycles. The molecule has 0 amide bonds. The number of nitro benzene ring substituents is 2. The minimum Gasteiger partial charge on any atom is -0.502 e. The van der Waals surface area contributed by atoms with Gasteiger partial charge in [0.05, 0.1) is 16.0 Å². The van der Waals surface area contributed by atoms with Crippen molar-refractivity contribution in [3.8, 4) is 11.5 Å². The van der Waals surface area contributed by atoms with Crippen molar-refractivity contribution in [3.63, 3.8) is 0 Å². The van der Waals surface area contributed by atoms with Crippen LogP contribution < -0.4 is 4.74 Å². The van der Waals surface area contributed by atoms with Crippen LogP contribution in [0.5, 0.6) is 11.5 Å². The fraction of sp³-hybridized carbons (Fsp3) is 0.500. The molecule has 0 spiro atoms. The summed E-state index contributed by atoms with van der Waals surface area (Å²) in [6, 6.07) is 1.68. The van der Waals surface area contributed by atoms with Gasteiger partial charge in [0.1, 0.15) is 6.07 Å². The first-order valence-electron chi connectivity index (χ1n) is 6.31. The summed E-state index contributed by atoms with van der Waals surface area (Å²) in [5, 5.41) is 31.2. The first-order valence-corrected chi connectivity index (χ1v) is 6.31. The summed E-state index contributed by atoms with van der Waals surface area (Å²) in [6.45, 7) is 0. The molecule has 0 bridgehead atoms. The molecule has 1 aromatic carbocycles. The molecule has 1 saturated carbocycles. The minimum atomic E-state index is -0.868. The number of nitro groups is 2. The molecule has 0 unspecified atom stereocenters. The molecule has 0 radical (unpaired) electrons. The van der Waals surface area contributed by atoms with E-state index in [9.17, 15) is 25.3 Å². The van der Waals surface area contributed by atoms with Crippen molar-refractivity contribution >= 4 is 11.4 Å². The Labute approximate surface area is 114 Å². The van der Waals surface area contributed by atoms with Crippen LogP contribution in [0.2, 0.25) is 0 Å². The standard InChI is InChI=1S/C12H14N2O6/c15-11-7-12(20-8-4-2-1-3-5-8)10(14(18)19)6-9(11)13(16)17/h6-8,15H,1-5H2. The molecule has 0 saturated heterocycles. The van der Waals surface area contributed by atoms with Crippen LogP contribution in [0.3, 0.4) is 0 Å². The molecule has 1 aliphatic carbocycles. The fourth-order valence-corrected chi connectivity index (χ4v) is 2.29. The van der Waals surface area contributed by atoms with E-state index in [1.807, 2.05) is 0 Å². The average molecular weight is 282 g/mol. The SMILES string of the molecule is O=[N+]([O-])c1cc([N+](=O)[O-])c(OC2CCCCC2)cc1O. The summed E-state index contributed by atoms with van der Waals surface area (Å²) < 4.78 is 5.54. The van der Waals surface area contributed by atoms with Crippen LogP contribution in [0.4, 0.5) is 11.4 Å².